The summed E-state index contributed by atoms with van der Waals surface area (Å²) in [6.45, 7) is 4.46. The van der Waals surface area contributed by atoms with Crippen molar-refractivity contribution in [2.24, 2.45) is 0 Å². The molecule has 47 heavy (non-hydrogen) atoms. The maximum Gasteiger partial charge on any atom is 0.134 e. The van der Waals surface area contributed by atoms with E-state index in [1.54, 1.807) is 0 Å². The quantitative estimate of drug-likeness (QED) is 0.131. The third-order valence-corrected chi connectivity index (χ3v) is 15.3. The SMILES string of the molecule is CC(C)(c1ccc(OCC(O)COc2cccc(Br)c2Br)c(Br)c1Br)c1ccc(OCC(O)COc2cccc(Br)c2Br)c(Br)c1Br. The monoisotopic (exact) mass is 1150 g/mol. The Bertz CT molecular complexity index is 1590. The minimum atomic E-state index is -0.848. The van der Waals surface area contributed by atoms with Crippen molar-refractivity contribution in [3.05, 3.63) is 108 Å². The highest BCUT2D eigenvalue weighted by atomic mass is 79.9. The first-order valence-electron chi connectivity index (χ1n) is 13.9. The molecule has 0 aliphatic rings. The van der Waals surface area contributed by atoms with Gasteiger partial charge in [0.15, 0.2) is 0 Å². The molecular weight excluding hydrogens is 1130 g/mol. The number of hydrogen-bond donors (Lipinski definition) is 2. The lowest BCUT2D eigenvalue weighted by molar-refractivity contribution is 0.0620. The lowest BCUT2D eigenvalue weighted by Crippen LogP contribution is -2.26. The number of aliphatic hydroxyl groups excluding tert-OH is 2. The summed E-state index contributed by atoms with van der Waals surface area (Å²) < 4.78 is 29.8. The fourth-order valence-electron chi connectivity index (χ4n) is 4.43. The van der Waals surface area contributed by atoms with E-state index in [1.165, 1.54) is 0 Å². The van der Waals surface area contributed by atoms with E-state index >= 15 is 0 Å². The number of halogens is 8. The highest BCUT2D eigenvalue weighted by molar-refractivity contribution is 9.14. The molecule has 0 bridgehead atoms. The van der Waals surface area contributed by atoms with E-state index in [1.807, 2.05) is 60.7 Å². The maximum absolute atomic E-state index is 10.5. The molecule has 2 atom stereocenters. The van der Waals surface area contributed by atoms with Crippen molar-refractivity contribution in [2.75, 3.05) is 26.4 Å². The first-order chi connectivity index (χ1) is 22.2. The summed E-state index contributed by atoms with van der Waals surface area (Å²) in [5.41, 5.74) is 1.55. The molecule has 2 N–H and O–H groups in total. The van der Waals surface area contributed by atoms with Gasteiger partial charge >= 0.3 is 0 Å². The van der Waals surface area contributed by atoms with Gasteiger partial charge in [0, 0.05) is 23.3 Å². The number of ether oxygens (including phenoxy) is 4. The highest BCUT2D eigenvalue weighted by Gasteiger charge is 2.31. The summed E-state index contributed by atoms with van der Waals surface area (Å²) in [5.74, 6) is 2.41. The van der Waals surface area contributed by atoms with E-state index in [0.29, 0.717) is 23.0 Å². The average Bonchev–Trinajstić information content (AvgIpc) is 3.03. The van der Waals surface area contributed by atoms with Crippen LogP contribution < -0.4 is 18.9 Å². The van der Waals surface area contributed by atoms with Crippen molar-refractivity contribution in [3.63, 3.8) is 0 Å². The van der Waals surface area contributed by atoms with Gasteiger partial charge in [0.25, 0.3) is 0 Å². The number of benzene rings is 4. The molecule has 0 saturated carbocycles. The predicted molar refractivity (Wildman–Crippen MR) is 213 cm³/mol. The van der Waals surface area contributed by atoms with E-state index < -0.39 is 17.6 Å². The van der Waals surface area contributed by atoms with Gasteiger partial charge in [0.05, 0.1) is 17.9 Å². The van der Waals surface area contributed by atoms with Gasteiger partial charge in [-0.3, -0.25) is 0 Å². The molecule has 2 unspecified atom stereocenters. The Morgan fingerprint density at radius 1 is 0.468 bits per heavy atom. The second-order valence-corrected chi connectivity index (χ2v) is 17.2. The second kappa shape index (κ2) is 17.9. The van der Waals surface area contributed by atoms with Crippen molar-refractivity contribution in [3.8, 4) is 23.0 Å². The molecule has 0 aliphatic heterocycles. The van der Waals surface area contributed by atoms with E-state index in [0.717, 1.165) is 46.9 Å². The van der Waals surface area contributed by atoms with Crippen LogP contribution in [0.4, 0.5) is 0 Å². The average molecular weight is 1160 g/mol. The minimum absolute atomic E-state index is 0.0434. The molecule has 6 nitrogen and oxygen atoms in total. The van der Waals surface area contributed by atoms with Crippen LogP contribution in [0.15, 0.2) is 96.4 Å². The van der Waals surface area contributed by atoms with Crippen LogP contribution in [-0.4, -0.2) is 48.8 Å². The molecule has 0 saturated heterocycles. The summed E-state index contributed by atoms with van der Waals surface area (Å²) >= 11 is 28.7. The summed E-state index contributed by atoms with van der Waals surface area (Å²) in [5, 5.41) is 21.0. The van der Waals surface area contributed by atoms with E-state index in [9.17, 15) is 10.2 Å². The number of rotatable bonds is 14. The third-order valence-electron chi connectivity index (χ3n) is 7.00. The van der Waals surface area contributed by atoms with Crippen LogP contribution in [0, 0.1) is 0 Å². The van der Waals surface area contributed by atoms with Gasteiger partial charge in [-0.2, -0.15) is 0 Å². The largest absolute Gasteiger partial charge is 0.490 e. The van der Waals surface area contributed by atoms with Gasteiger partial charge in [-0.05, 0) is 175 Å². The Balaban J connectivity index is 1.39. The molecule has 252 valence electrons. The molecule has 0 aliphatic carbocycles. The molecule has 4 aromatic carbocycles. The van der Waals surface area contributed by atoms with Crippen LogP contribution in [-0.2, 0) is 5.41 Å². The smallest absolute Gasteiger partial charge is 0.134 e. The maximum atomic E-state index is 10.5. The Kier molecular flexibility index (Phi) is 15.1. The molecule has 4 aromatic rings. The summed E-state index contributed by atoms with van der Waals surface area (Å²) in [7, 11) is 0. The van der Waals surface area contributed by atoms with Crippen molar-refractivity contribution in [2.45, 2.75) is 31.5 Å². The van der Waals surface area contributed by atoms with Gasteiger partial charge in [0.2, 0.25) is 0 Å². The lowest BCUT2D eigenvalue weighted by Gasteiger charge is -2.30. The third kappa shape index (κ3) is 10.0. The van der Waals surface area contributed by atoms with Crippen molar-refractivity contribution < 1.29 is 29.2 Å². The van der Waals surface area contributed by atoms with E-state index in [4.69, 9.17) is 18.9 Å². The van der Waals surface area contributed by atoms with Gasteiger partial charge < -0.3 is 29.2 Å². The zero-order valence-electron chi connectivity index (χ0n) is 24.8. The van der Waals surface area contributed by atoms with Crippen LogP contribution in [0.3, 0.4) is 0 Å². The van der Waals surface area contributed by atoms with Crippen molar-refractivity contribution in [1.82, 2.24) is 0 Å². The van der Waals surface area contributed by atoms with Crippen molar-refractivity contribution in [1.29, 1.82) is 0 Å². The molecule has 0 spiro atoms. The lowest BCUT2D eigenvalue weighted by atomic mass is 9.78. The van der Waals surface area contributed by atoms with Gasteiger partial charge in [-0.1, -0.05) is 38.1 Å². The summed E-state index contributed by atoms with van der Waals surface area (Å²) in [6, 6.07) is 18.9. The fraction of sp³-hybridized carbons (Fsp3) is 0.273. The van der Waals surface area contributed by atoms with E-state index in [2.05, 4.69) is 141 Å². The van der Waals surface area contributed by atoms with Crippen molar-refractivity contribution >= 4 is 127 Å². The molecule has 14 heteroatoms. The summed E-state index contributed by atoms with van der Waals surface area (Å²) in [6.07, 6.45) is -1.70. The topological polar surface area (TPSA) is 77.4 Å². The van der Waals surface area contributed by atoms with Gasteiger partial charge in [0.1, 0.15) is 61.6 Å². The Hall–Kier alpha value is -0.160. The fourth-order valence-corrected chi connectivity index (χ4v) is 8.45. The predicted octanol–water partition coefficient (Wildman–Crippen LogP) is 11.7. The molecular formula is C33H28Br8O6. The standard InChI is InChI=1S/C33H28Br8O6/c1-33(2,19-9-11-25(31(40)27(19)36)46-15-17(42)13-44-23-7-3-5-21(34)29(23)38)20-10-12-26(32(41)28(20)37)47-16-18(43)14-45-24-8-4-6-22(35)30(24)39/h3-12,17-18,42-43H,13-16H2,1-2H3. The van der Waals surface area contributed by atoms with Gasteiger partial charge in [-0.25, -0.2) is 0 Å². The summed E-state index contributed by atoms with van der Waals surface area (Å²) in [4.78, 5) is 0. The first kappa shape index (κ1) is 39.6. The van der Waals surface area contributed by atoms with E-state index in [-0.39, 0.29) is 26.4 Å². The number of hydrogen-bond acceptors (Lipinski definition) is 6. The van der Waals surface area contributed by atoms with Gasteiger partial charge in [-0.15, -0.1) is 0 Å². The minimum Gasteiger partial charge on any atom is -0.490 e. The zero-order valence-corrected chi connectivity index (χ0v) is 37.5. The normalized spacial score (nSPS) is 12.9. The second-order valence-electron chi connectivity index (χ2n) is 10.8. The molecule has 0 heterocycles. The molecule has 0 aromatic heterocycles. The Morgan fingerprint density at radius 3 is 1.13 bits per heavy atom. The van der Waals surface area contributed by atoms with Crippen LogP contribution in [0.1, 0.15) is 25.0 Å². The zero-order chi connectivity index (χ0) is 34.5. The van der Waals surface area contributed by atoms with Crippen LogP contribution >= 0.6 is 127 Å². The van der Waals surface area contributed by atoms with Crippen LogP contribution in [0.5, 0.6) is 23.0 Å². The highest BCUT2D eigenvalue weighted by Crippen LogP contribution is 2.47. The Morgan fingerprint density at radius 2 is 0.787 bits per heavy atom. The molecule has 4 rings (SSSR count). The first-order valence-corrected chi connectivity index (χ1v) is 20.3. The molecule has 0 radical (unpaired) electrons. The molecule has 0 amide bonds. The molecule has 0 fully saturated rings. The number of aliphatic hydroxyl groups is 2. The van der Waals surface area contributed by atoms with Crippen LogP contribution in [0.2, 0.25) is 0 Å². The Labute approximate surface area is 341 Å². The van der Waals surface area contributed by atoms with Crippen LogP contribution in [0.25, 0.3) is 0 Å².